The molecule has 1 aliphatic heterocycles. The maximum absolute atomic E-state index is 6.18. The van der Waals surface area contributed by atoms with Gasteiger partial charge in [-0.2, -0.15) is 0 Å². The predicted molar refractivity (Wildman–Crippen MR) is 125 cm³/mol. The van der Waals surface area contributed by atoms with Crippen LogP contribution in [-0.4, -0.2) is 41.0 Å². The second-order valence-corrected chi connectivity index (χ2v) is 10.8. The fraction of sp³-hybridized carbons (Fsp3) is 0.750. The molecule has 1 heterocycles. The van der Waals surface area contributed by atoms with Gasteiger partial charge in [0.1, 0.15) is 11.5 Å². The zero-order chi connectivity index (χ0) is 22.6. The number of unbranched alkanes of at least 4 members (excludes halogenated alkanes) is 3. The average Bonchev–Trinajstić information content (AvgIpc) is 2.75. The molecule has 1 aromatic rings. The standard InChI is InChI=1S/C24H42O6Si/c1-6-10-11-12-16-24(5)26-20-21-19-22(14-15-23(21)30-24)25-17-13-18-31(27-7-2,28-8-3)29-9-4/h14-15,19H,6-13,16-18,20H2,1-5H3. The molecule has 0 aromatic heterocycles. The number of fused-ring (bicyclic) bond motifs is 1. The van der Waals surface area contributed by atoms with Crippen molar-refractivity contribution in [3.05, 3.63) is 23.8 Å². The largest absolute Gasteiger partial charge is 0.501 e. The first-order chi connectivity index (χ1) is 15.0. The van der Waals surface area contributed by atoms with Gasteiger partial charge in [0.05, 0.1) is 13.2 Å². The average molecular weight is 455 g/mol. The van der Waals surface area contributed by atoms with E-state index in [0.29, 0.717) is 33.0 Å². The van der Waals surface area contributed by atoms with E-state index >= 15 is 0 Å². The van der Waals surface area contributed by atoms with Crippen molar-refractivity contribution in [2.75, 3.05) is 26.4 Å². The molecule has 7 heteroatoms. The van der Waals surface area contributed by atoms with E-state index in [0.717, 1.165) is 42.4 Å². The van der Waals surface area contributed by atoms with Gasteiger partial charge < -0.3 is 27.5 Å². The Morgan fingerprint density at radius 1 is 0.935 bits per heavy atom. The summed E-state index contributed by atoms with van der Waals surface area (Å²) in [5.41, 5.74) is 1.03. The topological polar surface area (TPSA) is 55.4 Å². The minimum atomic E-state index is -2.61. The first kappa shape index (κ1) is 26.1. The van der Waals surface area contributed by atoms with E-state index in [1.807, 2.05) is 45.9 Å². The van der Waals surface area contributed by atoms with E-state index in [2.05, 4.69) is 6.92 Å². The summed E-state index contributed by atoms with van der Waals surface area (Å²) < 4.78 is 35.9. The Labute approximate surface area is 189 Å². The van der Waals surface area contributed by atoms with E-state index in [4.69, 9.17) is 27.5 Å². The van der Waals surface area contributed by atoms with Crippen LogP contribution in [0.15, 0.2) is 18.2 Å². The second-order valence-electron chi connectivity index (χ2n) is 8.04. The third kappa shape index (κ3) is 8.39. The lowest BCUT2D eigenvalue weighted by Crippen LogP contribution is -2.46. The molecule has 0 spiro atoms. The smallest absolute Gasteiger partial charge is 0.494 e. The van der Waals surface area contributed by atoms with Crippen molar-refractivity contribution in [2.45, 2.75) is 91.6 Å². The van der Waals surface area contributed by atoms with Crippen molar-refractivity contribution in [2.24, 2.45) is 0 Å². The van der Waals surface area contributed by atoms with Crippen LogP contribution in [0.3, 0.4) is 0 Å². The highest BCUT2D eigenvalue weighted by Gasteiger charge is 2.39. The van der Waals surface area contributed by atoms with E-state index in [1.165, 1.54) is 19.3 Å². The Hall–Kier alpha value is -1.12. The number of benzene rings is 1. The Kier molecular flexibility index (Phi) is 11.3. The maximum Gasteiger partial charge on any atom is 0.501 e. The molecule has 31 heavy (non-hydrogen) atoms. The zero-order valence-corrected chi connectivity index (χ0v) is 21.2. The third-order valence-corrected chi connectivity index (χ3v) is 8.52. The van der Waals surface area contributed by atoms with Crippen LogP contribution in [0.4, 0.5) is 0 Å². The molecule has 6 nitrogen and oxygen atoms in total. The molecule has 0 saturated heterocycles. The summed E-state index contributed by atoms with van der Waals surface area (Å²) in [6, 6.07) is 6.73. The summed E-state index contributed by atoms with van der Waals surface area (Å²) in [5.74, 6) is 1.19. The van der Waals surface area contributed by atoms with Crippen molar-refractivity contribution in [1.82, 2.24) is 0 Å². The summed E-state index contributed by atoms with van der Waals surface area (Å²) in [4.78, 5) is 0. The van der Waals surface area contributed by atoms with Gasteiger partial charge in [-0.3, -0.25) is 0 Å². The highest BCUT2D eigenvalue weighted by atomic mass is 28.4. The number of rotatable bonds is 16. The summed E-state index contributed by atoms with van der Waals surface area (Å²) in [6.45, 7) is 13.1. The molecule has 0 radical (unpaired) electrons. The summed E-state index contributed by atoms with van der Waals surface area (Å²) in [6.07, 6.45) is 6.56. The molecule has 0 N–H and O–H groups in total. The van der Waals surface area contributed by atoms with Gasteiger partial charge in [-0.1, -0.05) is 26.2 Å². The molecule has 1 unspecified atom stereocenters. The van der Waals surface area contributed by atoms with Gasteiger partial charge in [0.25, 0.3) is 0 Å². The highest BCUT2D eigenvalue weighted by molar-refractivity contribution is 6.60. The molecular formula is C24H42O6Si. The van der Waals surface area contributed by atoms with Gasteiger partial charge in [0.15, 0.2) is 0 Å². The molecule has 0 fully saturated rings. The lowest BCUT2D eigenvalue weighted by molar-refractivity contribution is -0.198. The first-order valence-corrected chi connectivity index (χ1v) is 13.9. The molecule has 0 bridgehead atoms. The van der Waals surface area contributed by atoms with Gasteiger partial charge in [-0.25, -0.2) is 0 Å². The Balaban J connectivity index is 1.84. The quantitative estimate of drug-likeness (QED) is 0.222. The SMILES string of the molecule is CCCCCCC1(C)OCc2cc(OCCC[Si](OCC)(OCC)OCC)ccc2O1. The van der Waals surface area contributed by atoms with Crippen molar-refractivity contribution >= 4 is 8.80 Å². The van der Waals surface area contributed by atoms with Crippen LogP contribution in [-0.2, 0) is 24.6 Å². The summed E-state index contributed by atoms with van der Waals surface area (Å²) in [7, 11) is -2.61. The minimum absolute atomic E-state index is 0.533. The summed E-state index contributed by atoms with van der Waals surface area (Å²) in [5, 5.41) is 0. The summed E-state index contributed by atoms with van der Waals surface area (Å²) >= 11 is 0. The molecule has 0 amide bonds. The Bertz CT molecular complexity index is 623. The minimum Gasteiger partial charge on any atom is -0.494 e. The van der Waals surface area contributed by atoms with E-state index in [9.17, 15) is 0 Å². The lowest BCUT2D eigenvalue weighted by atomic mass is 10.1. The molecule has 0 saturated carbocycles. The van der Waals surface area contributed by atoms with E-state index in [-0.39, 0.29) is 0 Å². The molecule has 1 atom stereocenters. The fourth-order valence-corrected chi connectivity index (χ4v) is 6.41. The van der Waals surface area contributed by atoms with Gasteiger partial charge in [0.2, 0.25) is 5.79 Å². The first-order valence-electron chi connectivity index (χ1n) is 12.0. The third-order valence-electron chi connectivity index (χ3n) is 5.36. The molecule has 1 aromatic carbocycles. The van der Waals surface area contributed by atoms with Gasteiger partial charge in [0, 0.05) is 44.8 Å². The molecule has 2 rings (SSSR count). The number of hydrogen-bond acceptors (Lipinski definition) is 6. The van der Waals surface area contributed by atoms with Gasteiger partial charge >= 0.3 is 8.80 Å². The predicted octanol–water partition coefficient (Wildman–Crippen LogP) is 6.10. The van der Waals surface area contributed by atoms with Crippen LogP contribution >= 0.6 is 0 Å². The zero-order valence-electron chi connectivity index (χ0n) is 20.2. The van der Waals surface area contributed by atoms with Gasteiger partial charge in [-0.15, -0.1) is 0 Å². The van der Waals surface area contributed by atoms with Crippen molar-refractivity contribution in [3.8, 4) is 11.5 Å². The van der Waals surface area contributed by atoms with Crippen molar-refractivity contribution < 1.29 is 27.5 Å². The number of hydrogen-bond donors (Lipinski definition) is 0. The van der Waals surface area contributed by atoms with E-state index in [1.54, 1.807) is 0 Å². The Morgan fingerprint density at radius 3 is 2.29 bits per heavy atom. The maximum atomic E-state index is 6.18. The van der Waals surface area contributed by atoms with Crippen LogP contribution in [0.5, 0.6) is 11.5 Å². The van der Waals surface area contributed by atoms with Gasteiger partial charge in [-0.05, 0) is 51.8 Å². The monoisotopic (exact) mass is 454 g/mol. The molecular weight excluding hydrogens is 412 g/mol. The van der Waals surface area contributed by atoms with Crippen LogP contribution in [0.1, 0.15) is 78.7 Å². The van der Waals surface area contributed by atoms with Crippen LogP contribution in [0, 0.1) is 0 Å². The molecule has 0 aliphatic carbocycles. The van der Waals surface area contributed by atoms with Crippen molar-refractivity contribution in [1.29, 1.82) is 0 Å². The van der Waals surface area contributed by atoms with Crippen LogP contribution in [0.2, 0.25) is 6.04 Å². The lowest BCUT2D eigenvalue weighted by Gasteiger charge is -2.36. The van der Waals surface area contributed by atoms with Crippen LogP contribution < -0.4 is 9.47 Å². The number of ether oxygens (including phenoxy) is 3. The van der Waals surface area contributed by atoms with Crippen LogP contribution in [0.25, 0.3) is 0 Å². The van der Waals surface area contributed by atoms with E-state index < -0.39 is 14.6 Å². The normalized spacial score (nSPS) is 18.5. The fourth-order valence-electron chi connectivity index (χ4n) is 3.83. The molecule has 178 valence electrons. The Morgan fingerprint density at radius 2 is 1.65 bits per heavy atom. The molecule has 1 aliphatic rings. The van der Waals surface area contributed by atoms with Crippen molar-refractivity contribution in [3.63, 3.8) is 0 Å². The highest BCUT2D eigenvalue weighted by Crippen LogP contribution is 2.36. The second kappa shape index (κ2) is 13.4.